The molecule has 0 aliphatic heterocycles. The normalized spacial score (nSPS) is 15.5. The number of rotatable bonds is 2. The first kappa shape index (κ1) is 8.47. The summed E-state index contributed by atoms with van der Waals surface area (Å²) in [5.74, 6) is 0.795. The van der Waals surface area contributed by atoms with Gasteiger partial charge in [0.05, 0.1) is 23.3 Å². The minimum Gasteiger partial charge on any atom is -0.490 e. The number of H-pyrrole nitrogens is 1. The van der Waals surface area contributed by atoms with E-state index in [2.05, 4.69) is 9.97 Å². The van der Waals surface area contributed by atoms with E-state index in [0.717, 1.165) is 18.6 Å². The van der Waals surface area contributed by atoms with Gasteiger partial charge in [-0.1, -0.05) is 0 Å². The second-order valence-corrected chi connectivity index (χ2v) is 3.73. The molecule has 0 unspecified atom stereocenters. The second kappa shape index (κ2) is 3.08. The maximum absolute atomic E-state index is 11.4. The van der Waals surface area contributed by atoms with Crippen LogP contribution in [-0.4, -0.2) is 16.1 Å². The van der Waals surface area contributed by atoms with E-state index >= 15 is 0 Å². The van der Waals surface area contributed by atoms with Crippen molar-refractivity contribution in [3.8, 4) is 5.75 Å². The number of hydrogen-bond donors (Lipinski definition) is 1. The number of aromatic nitrogens is 2. The molecule has 0 amide bonds. The smallest absolute Gasteiger partial charge is 0.258 e. The summed E-state index contributed by atoms with van der Waals surface area (Å²) in [7, 11) is 0. The molecule has 3 rings (SSSR count). The molecule has 1 aromatic carbocycles. The quantitative estimate of drug-likeness (QED) is 0.802. The van der Waals surface area contributed by atoms with E-state index in [-0.39, 0.29) is 5.56 Å². The van der Waals surface area contributed by atoms with E-state index in [9.17, 15) is 4.79 Å². The Kier molecular flexibility index (Phi) is 1.74. The molecule has 4 heteroatoms. The van der Waals surface area contributed by atoms with Crippen molar-refractivity contribution in [3.63, 3.8) is 0 Å². The third-order valence-corrected chi connectivity index (χ3v) is 2.44. The van der Waals surface area contributed by atoms with E-state index in [4.69, 9.17) is 4.74 Å². The molecule has 0 atom stereocenters. The Bertz CT molecular complexity index is 558. The Morgan fingerprint density at radius 3 is 3.07 bits per heavy atom. The van der Waals surface area contributed by atoms with Gasteiger partial charge in [-0.25, -0.2) is 4.98 Å². The van der Waals surface area contributed by atoms with Crippen LogP contribution in [0, 0.1) is 0 Å². The minimum absolute atomic E-state index is 0.113. The van der Waals surface area contributed by atoms with E-state index in [1.165, 1.54) is 6.33 Å². The molecule has 1 aliphatic carbocycles. The summed E-state index contributed by atoms with van der Waals surface area (Å²) in [6.07, 6.45) is 4.03. The van der Waals surface area contributed by atoms with E-state index in [1.807, 2.05) is 12.1 Å². The van der Waals surface area contributed by atoms with E-state index in [0.29, 0.717) is 17.0 Å². The van der Waals surface area contributed by atoms with Crippen molar-refractivity contribution in [1.82, 2.24) is 9.97 Å². The summed E-state index contributed by atoms with van der Waals surface area (Å²) in [5, 5.41) is 0.598. The van der Waals surface area contributed by atoms with Gasteiger partial charge in [0, 0.05) is 6.07 Å². The molecule has 76 valence electrons. The molecule has 0 radical (unpaired) electrons. The number of fused-ring (bicyclic) bond motifs is 1. The molecule has 1 aromatic heterocycles. The molecular weight excluding hydrogens is 192 g/mol. The number of aromatic amines is 1. The molecule has 1 N–H and O–H groups in total. The van der Waals surface area contributed by atoms with Crippen LogP contribution in [0.5, 0.6) is 5.75 Å². The van der Waals surface area contributed by atoms with Gasteiger partial charge in [-0.15, -0.1) is 0 Å². The van der Waals surface area contributed by atoms with Crippen LogP contribution >= 0.6 is 0 Å². The standard InChI is InChI=1S/C11H10N2O2/c14-11-9-4-3-8(15-7-1-2-7)5-10(9)12-6-13-11/h3-7H,1-2H2,(H,12,13,14). The molecule has 0 saturated heterocycles. The van der Waals surface area contributed by atoms with Gasteiger partial charge in [0.25, 0.3) is 5.56 Å². The highest BCUT2D eigenvalue weighted by Gasteiger charge is 2.23. The minimum atomic E-state index is -0.113. The molecule has 1 saturated carbocycles. The first-order valence-corrected chi connectivity index (χ1v) is 4.97. The van der Waals surface area contributed by atoms with Crippen LogP contribution in [0.1, 0.15) is 12.8 Å². The predicted molar refractivity (Wildman–Crippen MR) is 56.0 cm³/mol. The third-order valence-electron chi connectivity index (χ3n) is 2.44. The van der Waals surface area contributed by atoms with Crippen molar-refractivity contribution in [2.45, 2.75) is 18.9 Å². The van der Waals surface area contributed by atoms with Crippen LogP contribution in [-0.2, 0) is 0 Å². The van der Waals surface area contributed by atoms with Crippen LogP contribution in [0.25, 0.3) is 10.9 Å². The van der Waals surface area contributed by atoms with Gasteiger partial charge >= 0.3 is 0 Å². The average molecular weight is 202 g/mol. The number of ether oxygens (including phenoxy) is 1. The second-order valence-electron chi connectivity index (χ2n) is 3.73. The predicted octanol–water partition coefficient (Wildman–Crippen LogP) is 1.46. The van der Waals surface area contributed by atoms with Crippen LogP contribution in [0.15, 0.2) is 29.3 Å². The van der Waals surface area contributed by atoms with Gasteiger partial charge in [0.15, 0.2) is 0 Å². The van der Waals surface area contributed by atoms with Crippen LogP contribution < -0.4 is 10.3 Å². The average Bonchev–Trinajstić information content (AvgIpc) is 3.02. The highest BCUT2D eigenvalue weighted by Crippen LogP contribution is 2.27. The molecule has 15 heavy (non-hydrogen) atoms. The van der Waals surface area contributed by atoms with Gasteiger partial charge in [-0.3, -0.25) is 4.79 Å². The van der Waals surface area contributed by atoms with Gasteiger partial charge in [-0.2, -0.15) is 0 Å². The maximum Gasteiger partial charge on any atom is 0.258 e. The summed E-state index contributed by atoms with van der Waals surface area (Å²) in [5.41, 5.74) is 0.565. The largest absolute Gasteiger partial charge is 0.490 e. The Morgan fingerprint density at radius 1 is 1.40 bits per heavy atom. The zero-order chi connectivity index (χ0) is 10.3. The number of benzene rings is 1. The molecule has 0 spiro atoms. The fourth-order valence-corrected chi connectivity index (χ4v) is 1.50. The molecule has 1 aliphatic rings. The topological polar surface area (TPSA) is 55.0 Å². The lowest BCUT2D eigenvalue weighted by molar-refractivity contribution is 0.303. The Labute approximate surface area is 85.9 Å². The van der Waals surface area contributed by atoms with Crippen LogP contribution in [0.4, 0.5) is 0 Å². The van der Waals surface area contributed by atoms with Crippen molar-refractivity contribution in [1.29, 1.82) is 0 Å². The van der Waals surface area contributed by atoms with E-state index < -0.39 is 0 Å². The Balaban J connectivity index is 2.09. The van der Waals surface area contributed by atoms with Gasteiger partial charge in [0.2, 0.25) is 0 Å². The molecule has 2 aromatic rings. The number of nitrogens with zero attached hydrogens (tertiary/aromatic N) is 1. The maximum atomic E-state index is 11.4. The summed E-state index contributed by atoms with van der Waals surface area (Å²) >= 11 is 0. The van der Waals surface area contributed by atoms with E-state index in [1.54, 1.807) is 6.07 Å². The van der Waals surface area contributed by atoms with Gasteiger partial charge < -0.3 is 9.72 Å². The van der Waals surface area contributed by atoms with Crippen LogP contribution in [0.3, 0.4) is 0 Å². The molecule has 1 heterocycles. The monoisotopic (exact) mass is 202 g/mol. The van der Waals surface area contributed by atoms with Gasteiger partial charge in [0.1, 0.15) is 5.75 Å². The van der Waals surface area contributed by atoms with Crippen molar-refractivity contribution >= 4 is 10.9 Å². The third kappa shape index (κ3) is 1.58. The highest BCUT2D eigenvalue weighted by molar-refractivity contribution is 5.78. The van der Waals surface area contributed by atoms with Crippen molar-refractivity contribution in [3.05, 3.63) is 34.9 Å². The zero-order valence-electron chi connectivity index (χ0n) is 8.06. The Morgan fingerprint density at radius 2 is 2.27 bits per heavy atom. The summed E-state index contributed by atoms with van der Waals surface area (Å²) < 4.78 is 5.62. The first-order valence-electron chi connectivity index (χ1n) is 4.97. The summed E-state index contributed by atoms with van der Waals surface area (Å²) in [6, 6.07) is 5.37. The highest BCUT2D eigenvalue weighted by atomic mass is 16.5. The first-order chi connectivity index (χ1) is 7.33. The van der Waals surface area contributed by atoms with Crippen molar-refractivity contribution in [2.75, 3.05) is 0 Å². The summed E-state index contributed by atoms with van der Waals surface area (Å²) in [6.45, 7) is 0. The fraction of sp³-hybridized carbons (Fsp3) is 0.273. The molecular formula is C11H10N2O2. The lowest BCUT2D eigenvalue weighted by Gasteiger charge is -2.04. The zero-order valence-corrected chi connectivity index (χ0v) is 8.06. The van der Waals surface area contributed by atoms with Gasteiger partial charge in [-0.05, 0) is 25.0 Å². The molecule has 1 fully saturated rings. The lowest BCUT2D eigenvalue weighted by Crippen LogP contribution is -2.06. The molecule has 4 nitrogen and oxygen atoms in total. The number of nitrogens with one attached hydrogen (secondary N) is 1. The lowest BCUT2D eigenvalue weighted by atomic mass is 10.2. The SMILES string of the molecule is O=c1[nH]cnc2cc(OC3CC3)ccc12. The Hall–Kier alpha value is -1.84. The van der Waals surface area contributed by atoms with Crippen LogP contribution in [0.2, 0.25) is 0 Å². The molecule has 0 bridgehead atoms. The van der Waals surface area contributed by atoms with Crippen molar-refractivity contribution < 1.29 is 4.74 Å². The fourth-order valence-electron chi connectivity index (χ4n) is 1.50. The summed E-state index contributed by atoms with van der Waals surface area (Å²) in [4.78, 5) is 18.0. The van der Waals surface area contributed by atoms with Crippen molar-refractivity contribution in [2.24, 2.45) is 0 Å². The number of hydrogen-bond acceptors (Lipinski definition) is 3.